The third kappa shape index (κ3) is 4.49. The van der Waals surface area contributed by atoms with E-state index in [2.05, 4.69) is 14.9 Å². The van der Waals surface area contributed by atoms with Crippen molar-refractivity contribution in [1.82, 2.24) is 14.9 Å². The second-order valence-corrected chi connectivity index (χ2v) is 6.52. The number of nitrogens with zero attached hydrogens (tertiary/aromatic N) is 4. The van der Waals surface area contributed by atoms with Crippen LogP contribution in [-0.4, -0.2) is 67.7 Å². The van der Waals surface area contributed by atoms with E-state index in [-0.39, 0.29) is 5.91 Å². The number of methoxy groups -OCH3 is 1. The molecule has 0 bridgehead atoms. The summed E-state index contributed by atoms with van der Waals surface area (Å²) in [5, 5.41) is 0. The smallest absolute Gasteiger partial charge is 0.277 e. The van der Waals surface area contributed by atoms with Crippen LogP contribution in [0.3, 0.4) is 0 Å². The Morgan fingerprint density at radius 3 is 2.58 bits per heavy atom. The van der Waals surface area contributed by atoms with Gasteiger partial charge in [-0.05, 0) is 12.1 Å². The maximum atomic E-state index is 12.6. The number of amides is 1. The number of hydrogen-bond donors (Lipinski definition) is 1. The standard InChI is InChI=1S/C19H25N5O2/c1-22(14-16-6-3-4-7-17(16)26-2)18(25)15-23-10-12-24(13-11-23)19-20-8-5-9-21-19/h3-9H,10-15H2,1-2H3/p+1. The topological polar surface area (TPSA) is 63.0 Å². The number of rotatable bonds is 6. The van der Waals surface area contributed by atoms with Gasteiger partial charge in [0.05, 0.1) is 33.3 Å². The lowest BCUT2D eigenvalue weighted by molar-refractivity contribution is -0.892. The molecule has 1 fully saturated rings. The van der Waals surface area contributed by atoms with Gasteiger partial charge in [0, 0.05) is 31.5 Å². The number of hydrogen-bond acceptors (Lipinski definition) is 5. The Hall–Kier alpha value is -2.67. The zero-order valence-electron chi connectivity index (χ0n) is 15.4. The Morgan fingerprint density at radius 1 is 1.19 bits per heavy atom. The molecule has 1 aliphatic heterocycles. The molecular weight excluding hydrogens is 330 g/mol. The molecule has 0 saturated carbocycles. The van der Waals surface area contributed by atoms with Crippen molar-refractivity contribution in [1.29, 1.82) is 0 Å². The molecule has 0 radical (unpaired) electrons. The van der Waals surface area contributed by atoms with E-state index in [1.807, 2.05) is 37.4 Å². The number of carbonyl (C=O) groups excluding carboxylic acids is 1. The second kappa shape index (κ2) is 8.62. The molecule has 1 aromatic heterocycles. The number of likely N-dealkylation sites (N-methyl/N-ethyl adjacent to an activating group) is 1. The quantitative estimate of drug-likeness (QED) is 0.780. The van der Waals surface area contributed by atoms with Gasteiger partial charge in [-0.1, -0.05) is 18.2 Å². The number of aromatic nitrogens is 2. The van der Waals surface area contributed by atoms with E-state index in [9.17, 15) is 4.79 Å². The van der Waals surface area contributed by atoms with Crippen LogP contribution in [0.5, 0.6) is 5.75 Å². The van der Waals surface area contributed by atoms with Crippen LogP contribution in [0.4, 0.5) is 5.95 Å². The summed E-state index contributed by atoms with van der Waals surface area (Å²) < 4.78 is 5.37. The molecule has 3 rings (SSSR count). The highest BCUT2D eigenvalue weighted by Crippen LogP contribution is 2.18. The molecule has 1 N–H and O–H groups in total. The first-order valence-electron chi connectivity index (χ1n) is 8.89. The fourth-order valence-corrected chi connectivity index (χ4v) is 3.18. The lowest BCUT2D eigenvalue weighted by Crippen LogP contribution is -3.15. The summed E-state index contributed by atoms with van der Waals surface area (Å²) in [5.41, 5.74) is 1.02. The lowest BCUT2D eigenvalue weighted by atomic mass is 10.2. The van der Waals surface area contributed by atoms with Crippen molar-refractivity contribution in [3.8, 4) is 5.75 Å². The van der Waals surface area contributed by atoms with Gasteiger partial charge in [0.15, 0.2) is 6.54 Å². The summed E-state index contributed by atoms with van der Waals surface area (Å²) >= 11 is 0. The van der Waals surface area contributed by atoms with E-state index in [0.29, 0.717) is 13.1 Å². The van der Waals surface area contributed by atoms with Crippen LogP contribution in [0.15, 0.2) is 42.7 Å². The number of benzene rings is 1. The molecule has 0 unspecified atom stereocenters. The van der Waals surface area contributed by atoms with Gasteiger partial charge in [-0.25, -0.2) is 9.97 Å². The fourth-order valence-electron chi connectivity index (χ4n) is 3.18. The molecule has 1 aliphatic rings. The minimum absolute atomic E-state index is 0.148. The highest BCUT2D eigenvalue weighted by atomic mass is 16.5. The molecule has 2 aromatic rings. The third-order valence-electron chi connectivity index (χ3n) is 4.73. The van der Waals surface area contributed by atoms with Gasteiger partial charge >= 0.3 is 0 Å². The zero-order valence-corrected chi connectivity index (χ0v) is 15.4. The predicted molar refractivity (Wildman–Crippen MR) is 99.3 cm³/mol. The van der Waals surface area contributed by atoms with E-state index < -0.39 is 0 Å². The molecule has 1 amide bonds. The summed E-state index contributed by atoms with van der Waals surface area (Å²) in [5.74, 6) is 1.73. The molecule has 7 nitrogen and oxygen atoms in total. The predicted octanol–water partition coefficient (Wildman–Crippen LogP) is -0.151. The zero-order chi connectivity index (χ0) is 18.4. The van der Waals surface area contributed by atoms with Crippen molar-refractivity contribution < 1.29 is 14.4 Å². The van der Waals surface area contributed by atoms with Gasteiger partial charge in [-0.15, -0.1) is 0 Å². The Morgan fingerprint density at radius 2 is 1.88 bits per heavy atom. The number of anilines is 1. The molecule has 1 aromatic carbocycles. The highest BCUT2D eigenvalue weighted by Gasteiger charge is 2.25. The van der Waals surface area contributed by atoms with Gasteiger partial charge in [0.1, 0.15) is 5.75 Å². The largest absolute Gasteiger partial charge is 0.496 e. The van der Waals surface area contributed by atoms with Crippen LogP contribution in [0.25, 0.3) is 0 Å². The summed E-state index contributed by atoms with van der Waals surface area (Å²) in [7, 11) is 3.50. The minimum atomic E-state index is 0.148. The van der Waals surface area contributed by atoms with E-state index in [0.717, 1.165) is 43.4 Å². The number of para-hydroxylation sites is 1. The van der Waals surface area contributed by atoms with Crippen molar-refractivity contribution in [2.75, 3.05) is 51.8 Å². The molecule has 0 aliphatic carbocycles. The number of ether oxygens (including phenoxy) is 1. The summed E-state index contributed by atoms with van der Waals surface area (Å²) in [6.45, 7) is 4.61. The van der Waals surface area contributed by atoms with Crippen molar-refractivity contribution in [3.05, 3.63) is 48.3 Å². The average Bonchev–Trinajstić information content (AvgIpc) is 2.69. The number of quaternary nitrogens is 1. The molecule has 2 heterocycles. The van der Waals surface area contributed by atoms with E-state index in [1.165, 1.54) is 4.90 Å². The van der Waals surface area contributed by atoms with Gasteiger partial charge in [-0.2, -0.15) is 0 Å². The maximum Gasteiger partial charge on any atom is 0.277 e. The molecule has 7 heteroatoms. The first-order chi connectivity index (χ1) is 12.7. The summed E-state index contributed by atoms with van der Waals surface area (Å²) in [6, 6.07) is 9.63. The van der Waals surface area contributed by atoms with Crippen LogP contribution >= 0.6 is 0 Å². The van der Waals surface area contributed by atoms with Crippen LogP contribution in [-0.2, 0) is 11.3 Å². The number of piperazine rings is 1. The molecular formula is C19H26N5O2+. The first-order valence-corrected chi connectivity index (χ1v) is 8.89. The Balaban J connectivity index is 1.49. The van der Waals surface area contributed by atoms with E-state index in [4.69, 9.17) is 4.74 Å². The van der Waals surface area contributed by atoms with Gasteiger partial charge in [0.2, 0.25) is 5.95 Å². The monoisotopic (exact) mass is 356 g/mol. The van der Waals surface area contributed by atoms with Gasteiger partial charge in [-0.3, -0.25) is 4.79 Å². The van der Waals surface area contributed by atoms with Crippen LogP contribution in [0, 0.1) is 0 Å². The molecule has 1 saturated heterocycles. The Bertz CT molecular complexity index is 717. The Kier molecular flexibility index (Phi) is 6.01. The summed E-state index contributed by atoms with van der Waals surface area (Å²) in [6.07, 6.45) is 3.52. The fraction of sp³-hybridized carbons (Fsp3) is 0.421. The van der Waals surface area contributed by atoms with Crippen molar-refractivity contribution in [3.63, 3.8) is 0 Å². The molecule has 0 atom stereocenters. The van der Waals surface area contributed by atoms with Crippen LogP contribution < -0.4 is 14.5 Å². The van der Waals surface area contributed by atoms with Gasteiger partial charge in [0.25, 0.3) is 5.91 Å². The molecule has 26 heavy (non-hydrogen) atoms. The summed E-state index contributed by atoms with van der Waals surface area (Å²) in [4.78, 5) is 26.4. The van der Waals surface area contributed by atoms with Gasteiger partial charge < -0.3 is 19.4 Å². The van der Waals surface area contributed by atoms with Crippen LogP contribution in [0.1, 0.15) is 5.56 Å². The first kappa shape index (κ1) is 18.1. The lowest BCUT2D eigenvalue weighted by Gasteiger charge is -2.32. The normalized spacial score (nSPS) is 14.9. The SMILES string of the molecule is COc1ccccc1CN(C)C(=O)C[NH+]1CCN(c2ncccn2)CC1. The average molecular weight is 356 g/mol. The van der Waals surface area contributed by atoms with Crippen LogP contribution in [0.2, 0.25) is 0 Å². The van der Waals surface area contributed by atoms with Crippen molar-refractivity contribution in [2.24, 2.45) is 0 Å². The number of nitrogens with one attached hydrogen (secondary N) is 1. The Labute approximate surface area is 154 Å². The third-order valence-corrected chi connectivity index (χ3v) is 4.73. The highest BCUT2D eigenvalue weighted by molar-refractivity contribution is 5.76. The maximum absolute atomic E-state index is 12.6. The van der Waals surface area contributed by atoms with Crippen molar-refractivity contribution >= 4 is 11.9 Å². The second-order valence-electron chi connectivity index (χ2n) is 6.52. The van der Waals surface area contributed by atoms with E-state index in [1.54, 1.807) is 24.4 Å². The molecule has 138 valence electrons. The van der Waals surface area contributed by atoms with Crippen molar-refractivity contribution in [2.45, 2.75) is 6.54 Å². The van der Waals surface area contributed by atoms with E-state index >= 15 is 0 Å². The number of carbonyl (C=O) groups is 1. The minimum Gasteiger partial charge on any atom is -0.496 e. The molecule has 0 spiro atoms.